The summed E-state index contributed by atoms with van der Waals surface area (Å²) in [5, 5.41) is 4.90. The van der Waals surface area contributed by atoms with Gasteiger partial charge in [-0.2, -0.15) is 0 Å². The second-order valence-corrected chi connectivity index (χ2v) is 21.3. The van der Waals surface area contributed by atoms with Crippen molar-refractivity contribution in [1.82, 2.24) is 0 Å². The normalized spacial score (nSPS) is 16.8. The van der Waals surface area contributed by atoms with E-state index in [2.05, 4.69) is 272 Å². The van der Waals surface area contributed by atoms with Gasteiger partial charge in [0.2, 0.25) is 0 Å². The van der Waals surface area contributed by atoms with Crippen molar-refractivity contribution in [3.63, 3.8) is 0 Å². The molecule has 3 unspecified atom stereocenters. The molecule has 0 spiro atoms. The zero-order valence-corrected chi connectivity index (χ0v) is 43.3. The number of anilines is 5. The Morgan fingerprint density at radius 1 is 0.347 bits per heavy atom. The van der Waals surface area contributed by atoms with Crippen LogP contribution in [0.1, 0.15) is 72.1 Å². The summed E-state index contributed by atoms with van der Waals surface area (Å²) in [6, 6.07) is 78.0. The summed E-state index contributed by atoms with van der Waals surface area (Å²) in [6.45, 7) is 15.8. The zero-order chi connectivity index (χ0) is 49.7. The van der Waals surface area contributed by atoms with Crippen LogP contribution in [0.5, 0.6) is 0 Å². The molecule has 2 heteroatoms. The molecule has 10 aromatic carbocycles. The van der Waals surface area contributed by atoms with Gasteiger partial charge in [0.05, 0.1) is 0 Å². The van der Waals surface area contributed by atoms with Gasteiger partial charge in [-0.15, -0.1) is 0 Å². The molecular weight excluding hydrogens is 869 g/mol. The molecule has 0 radical (unpaired) electrons. The fourth-order valence-corrected chi connectivity index (χ4v) is 11.4. The molecule has 1 aliphatic carbocycles. The lowest BCUT2D eigenvalue weighted by Crippen LogP contribution is -2.36. The maximum Gasteiger partial charge on any atom is 0.0468 e. The van der Waals surface area contributed by atoms with Crippen molar-refractivity contribution in [2.45, 2.75) is 73.1 Å². The minimum atomic E-state index is -0.00482. The molecule has 1 saturated carbocycles. The maximum absolute atomic E-state index is 2.46. The van der Waals surface area contributed by atoms with Gasteiger partial charge in [-0.05, 0) is 227 Å². The third kappa shape index (κ3) is 9.00. The van der Waals surface area contributed by atoms with E-state index < -0.39 is 0 Å². The predicted molar refractivity (Wildman–Crippen MR) is 310 cm³/mol. The summed E-state index contributed by atoms with van der Waals surface area (Å²) in [6.07, 6.45) is 3.56. The number of nitrogens with zero attached hydrogens (tertiary/aromatic N) is 2. The molecule has 0 bridgehead atoms. The molecule has 1 fully saturated rings. The van der Waals surface area contributed by atoms with Crippen molar-refractivity contribution >= 4 is 50.0 Å². The van der Waals surface area contributed by atoms with Gasteiger partial charge in [0.15, 0.2) is 0 Å². The number of hydrogen-bond acceptors (Lipinski definition) is 2. The molecule has 0 heterocycles. The lowest BCUT2D eigenvalue weighted by Gasteiger charge is -2.44. The molecule has 0 saturated heterocycles. The number of fused-ring (bicyclic) bond motifs is 2. The second kappa shape index (κ2) is 19.2. The second-order valence-electron chi connectivity index (χ2n) is 21.3. The van der Waals surface area contributed by atoms with Crippen molar-refractivity contribution < 1.29 is 0 Å². The topological polar surface area (TPSA) is 6.48 Å². The Morgan fingerprint density at radius 3 is 1.25 bits per heavy atom. The SMILES string of the molecule is Cc1ccc(-c2ccc(C3(c4ccc(-c5ccc(N(c6ccc(C)c(C)c6)c6ccc7cc(-c8ccc9cc(N(C)c%10ccc(C)c(C)c%10)ccc9c8)ccc7c6)cc5)cc4)CCC(C)C(C)C3)cc2)cc1. The first-order valence-corrected chi connectivity index (χ1v) is 26.0. The molecule has 72 heavy (non-hydrogen) atoms. The van der Waals surface area contributed by atoms with E-state index in [0.29, 0.717) is 5.92 Å². The van der Waals surface area contributed by atoms with Crippen LogP contribution < -0.4 is 9.80 Å². The van der Waals surface area contributed by atoms with E-state index in [1.54, 1.807) is 0 Å². The first-order chi connectivity index (χ1) is 34.9. The van der Waals surface area contributed by atoms with Crippen LogP contribution in [0.2, 0.25) is 0 Å². The van der Waals surface area contributed by atoms with E-state index in [-0.39, 0.29) is 5.41 Å². The Balaban J connectivity index is 0.863. The Labute approximate surface area is 428 Å². The van der Waals surface area contributed by atoms with Crippen LogP contribution in [0.3, 0.4) is 0 Å². The summed E-state index contributed by atoms with van der Waals surface area (Å²) in [5.74, 6) is 1.38. The molecule has 2 nitrogen and oxygen atoms in total. The van der Waals surface area contributed by atoms with Gasteiger partial charge in [-0.3, -0.25) is 0 Å². The van der Waals surface area contributed by atoms with Gasteiger partial charge >= 0.3 is 0 Å². The number of benzene rings is 10. The molecule has 10 aromatic rings. The third-order valence-corrected chi connectivity index (χ3v) is 16.6. The van der Waals surface area contributed by atoms with Gasteiger partial charge in [0.25, 0.3) is 0 Å². The first-order valence-electron chi connectivity index (χ1n) is 26.0. The minimum Gasteiger partial charge on any atom is -0.345 e. The summed E-state index contributed by atoms with van der Waals surface area (Å²) in [5.41, 5.74) is 22.6. The molecule has 0 aliphatic heterocycles. The molecule has 356 valence electrons. The number of rotatable bonds is 10. The smallest absolute Gasteiger partial charge is 0.0468 e. The Hall–Kier alpha value is -7.68. The fraction of sp³-hybridized carbons (Fsp3) is 0.200. The summed E-state index contributed by atoms with van der Waals surface area (Å²) in [7, 11) is 2.15. The highest BCUT2D eigenvalue weighted by Gasteiger charge is 2.40. The van der Waals surface area contributed by atoms with Gasteiger partial charge in [-0.25, -0.2) is 0 Å². The summed E-state index contributed by atoms with van der Waals surface area (Å²) < 4.78 is 0. The zero-order valence-electron chi connectivity index (χ0n) is 43.3. The monoisotopic (exact) mass is 935 g/mol. The molecule has 3 atom stereocenters. The third-order valence-electron chi connectivity index (χ3n) is 16.6. The fourth-order valence-electron chi connectivity index (χ4n) is 11.4. The van der Waals surface area contributed by atoms with Crippen molar-refractivity contribution in [3.05, 3.63) is 245 Å². The van der Waals surface area contributed by atoms with Crippen LogP contribution in [0.4, 0.5) is 28.4 Å². The molecule has 11 rings (SSSR count). The van der Waals surface area contributed by atoms with Gasteiger partial charge < -0.3 is 9.80 Å². The number of hydrogen-bond donors (Lipinski definition) is 0. The van der Waals surface area contributed by atoms with Gasteiger partial charge in [0, 0.05) is 40.9 Å². The predicted octanol–water partition coefficient (Wildman–Crippen LogP) is 19.5. The van der Waals surface area contributed by atoms with E-state index in [4.69, 9.17) is 0 Å². The van der Waals surface area contributed by atoms with Crippen LogP contribution >= 0.6 is 0 Å². The Bertz CT molecular complexity index is 3580. The summed E-state index contributed by atoms with van der Waals surface area (Å²) in [4.78, 5) is 4.67. The van der Waals surface area contributed by atoms with Gasteiger partial charge in [-0.1, -0.05) is 153 Å². The van der Waals surface area contributed by atoms with Crippen LogP contribution in [-0.2, 0) is 5.41 Å². The lowest BCUT2D eigenvalue weighted by atomic mass is 9.60. The highest BCUT2D eigenvalue weighted by Crippen LogP contribution is 2.49. The molecule has 0 amide bonds. The largest absolute Gasteiger partial charge is 0.345 e. The Kier molecular flexibility index (Phi) is 12.4. The average molecular weight is 935 g/mol. The van der Waals surface area contributed by atoms with Crippen molar-refractivity contribution in [1.29, 1.82) is 0 Å². The van der Waals surface area contributed by atoms with Crippen LogP contribution in [-0.4, -0.2) is 7.05 Å². The maximum atomic E-state index is 2.46. The molecule has 0 N–H and O–H groups in total. The van der Waals surface area contributed by atoms with E-state index in [0.717, 1.165) is 29.4 Å². The lowest BCUT2D eigenvalue weighted by molar-refractivity contribution is 0.201. The van der Waals surface area contributed by atoms with Crippen LogP contribution in [0.25, 0.3) is 54.9 Å². The van der Waals surface area contributed by atoms with E-state index >= 15 is 0 Å². The highest BCUT2D eigenvalue weighted by atomic mass is 15.1. The quantitative estimate of drug-likeness (QED) is 0.135. The first kappa shape index (κ1) is 46.7. The summed E-state index contributed by atoms with van der Waals surface area (Å²) >= 11 is 0. The molecule has 1 aliphatic rings. The van der Waals surface area contributed by atoms with Crippen molar-refractivity contribution in [2.75, 3.05) is 16.8 Å². The van der Waals surface area contributed by atoms with E-state index in [9.17, 15) is 0 Å². The van der Waals surface area contributed by atoms with Gasteiger partial charge in [0.1, 0.15) is 0 Å². The average Bonchev–Trinajstić information content (AvgIpc) is 3.41. The highest BCUT2D eigenvalue weighted by molar-refractivity contribution is 5.95. The minimum absolute atomic E-state index is 0.00482. The van der Waals surface area contributed by atoms with E-state index in [1.165, 1.54) is 118 Å². The van der Waals surface area contributed by atoms with E-state index in [1.807, 2.05) is 0 Å². The number of aryl methyl sites for hydroxylation is 5. The molecule has 0 aromatic heterocycles. The molecular formula is C70H66N2. The van der Waals surface area contributed by atoms with Crippen LogP contribution in [0, 0.1) is 46.5 Å². The van der Waals surface area contributed by atoms with Crippen molar-refractivity contribution in [2.24, 2.45) is 11.8 Å². The standard InChI is InChI=1S/C70H66N2/c1-46-9-13-53(14-10-46)54-19-27-63(28-20-54)70(38-37-49(4)52(7)45-70)64-29-21-55(22-30-64)56-23-33-65(34-24-56)72(68-32-12-48(3)51(6)40-68)69-36-26-60-42-58(16-18-62(60)44-69)57-15-17-61-43-67(35-25-59(61)41-57)71(8)66-31-11-47(2)50(5)39-66/h9-36,39-44,49,52H,37-38,45H2,1-8H3. The van der Waals surface area contributed by atoms with Crippen LogP contribution in [0.15, 0.2) is 206 Å². The Morgan fingerprint density at radius 2 is 0.722 bits per heavy atom. The van der Waals surface area contributed by atoms with Crippen molar-refractivity contribution in [3.8, 4) is 33.4 Å².